The Bertz CT molecular complexity index is 1310. The van der Waals surface area contributed by atoms with Gasteiger partial charge in [0.2, 0.25) is 5.91 Å². The number of carbonyl (C=O) groups excluding carboxylic acids is 1. The lowest BCUT2D eigenvalue weighted by Crippen LogP contribution is -2.37. The van der Waals surface area contributed by atoms with E-state index in [4.69, 9.17) is 19.2 Å². The molecule has 1 fully saturated rings. The highest BCUT2D eigenvalue weighted by atomic mass is 16.5. The second-order valence-electron chi connectivity index (χ2n) is 9.69. The third-order valence-electron chi connectivity index (χ3n) is 6.49. The maximum absolute atomic E-state index is 12.1. The van der Waals surface area contributed by atoms with Gasteiger partial charge in [-0.25, -0.2) is 9.97 Å². The van der Waals surface area contributed by atoms with Crippen molar-refractivity contribution in [3.05, 3.63) is 65.6 Å². The van der Waals surface area contributed by atoms with Crippen LogP contribution in [0.25, 0.3) is 11.3 Å². The number of amides is 1. The van der Waals surface area contributed by atoms with E-state index in [9.17, 15) is 10.1 Å². The number of methoxy groups -OCH3 is 1. The van der Waals surface area contributed by atoms with Crippen molar-refractivity contribution in [3.8, 4) is 28.8 Å². The predicted molar refractivity (Wildman–Crippen MR) is 149 cm³/mol. The van der Waals surface area contributed by atoms with Crippen molar-refractivity contribution in [2.75, 3.05) is 51.9 Å². The van der Waals surface area contributed by atoms with Gasteiger partial charge in [0.25, 0.3) is 0 Å². The van der Waals surface area contributed by atoms with Crippen LogP contribution in [0.4, 0.5) is 5.69 Å². The zero-order valence-corrected chi connectivity index (χ0v) is 22.8. The molecule has 4 rings (SSSR count). The molecule has 9 heteroatoms. The van der Waals surface area contributed by atoms with E-state index < -0.39 is 0 Å². The second kappa shape index (κ2) is 13.7. The van der Waals surface area contributed by atoms with Crippen LogP contribution < -0.4 is 14.8 Å². The Morgan fingerprint density at radius 3 is 2.72 bits per heavy atom. The summed E-state index contributed by atoms with van der Waals surface area (Å²) in [7, 11) is 1.64. The molecule has 204 valence electrons. The fourth-order valence-electron chi connectivity index (χ4n) is 4.25. The largest absolute Gasteiger partial charge is 0.493 e. The van der Waals surface area contributed by atoms with Crippen LogP contribution in [0.15, 0.2) is 48.7 Å². The number of rotatable bonds is 11. The number of nitrogens with zero attached hydrogens (tertiary/aromatic N) is 4. The van der Waals surface area contributed by atoms with E-state index in [1.54, 1.807) is 25.4 Å². The molecular formula is C30H35N5O4. The van der Waals surface area contributed by atoms with Gasteiger partial charge in [0.1, 0.15) is 11.9 Å². The lowest BCUT2D eigenvalue weighted by molar-refractivity contribution is -0.118. The summed E-state index contributed by atoms with van der Waals surface area (Å²) in [5.74, 6) is 1.72. The fraction of sp³-hybridized carbons (Fsp3) is 0.400. The fourth-order valence-corrected chi connectivity index (χ4v) is 4.25. The summed E-state index contributed by atoms with van der Waals surface area (Å²) in [6.45, 7) is 8.71. The molecule has 0 bridgehead atoms. The van der Waals surface area contributed by atoms with E-state index in [0.717, 1.165) is 50.4 Å². The number of carbonyl (C=O) groups is 1. The minimum absolute atomic E-state index is 0.136. The highest BCUT2D eigenvalue weighted by Gasteiger charge is 2.14. The van der Waals surface area contributed by atoms with Crippen molar-refractivity contribution in [1.82, 2.24) is 14.9 Å². The van der Waals surface area contributed by atoms with Crippen LogP contribution in [0.1, 0.15) is 37.2 Å². The molecule has 0 spiro atoms. The van der Waals surface area contributed by atoms with Gasteiger partial charge in [-0.3, -0.25) is 9.69 Å². The smallest absolute Gasteiger partial charge is 0.226 e. The topological polar surface area (TPSA) is 110 Å². The standard InChI is InChI=1S/C30H35N5O4/c1-21(2)30(36)34-25-7-6-23(19-24(25)20-31)26-9-10-32-29(33-26)18-22-5-8-27(37-3)28(17-22)39-14-4-11-35-12-15-38-16-13-35/h5-10,17,19,21H,4,11-16,18H2,1-3H3,(H,34,36). The van der Waals surface area contributed by atoms with E-state index in [-0.39, 0.29) is 11.8 Å². The van der Waals surface area contributed by atoms with E-state index in [1.807, 2.05) is 44.2 Å². The van der Waals surface area contributed by atoms with Gasteiger partial charge in [0.05, 0.1) is 43.9 Å². The van der Waals surface area contributed by atoms with Crippen LogP contribution in [-0.4, -0.2) is 67.3 Å². The number of hydrogen-bond donors (Lipinski definition) is 1. The van der Waals surface area contributed by atoms with Gasteiger partial charge in [-0.15, -0.1) is 0 Å². The van der Waals surface area contributed by atoms with Gasteiger partial charge in [-0.05, 0) is 42.3 Å². The molecule has 0 aliphatic carbocycles. The van der Waals surface area contributed by atoms with Crippen molar-refractivity contribution < 1.29 is 19.0 Å². The summed E-state index contributed by atoms with van der Waals surface area (Å²) in [6.07, 6.45) is 3.14. The number of anilines is 1. The lowest BCUT2D eigenvalue weighted by Gasteiger charge is -2.26. The van der Waals surface area contributed by atoms with Crippen LogP contribution in [0, 0.1) is 17.2 Å². The normalized spacial score (nSPS) is 13.6. The average Bonchev–Trinajstić information content (AvgIpc) is 2.96. The quantitative estimate of drug-likeness (QED) is 0.366. The average molecular weight is 530 g/mol. The van der Waals surface area contributed by atoms with Gasteiger partial charge in [-0.1, -0.05) is 26.0 Å². The SMILES string of the molecule is COc1ccc(Cc2nccc(-c3ccc(NC(=O)C(C)C)c(C#N)c3)n2)cc1OCCCN1CCOCC1. The first-order chi connectivity index (χ1) is 19.0. The summed E-state index contributed by atoms with van der Waals surface area (Å²) in [4.78, 5) is 23.7. The molecular weight excluding hydrogens is 494 g/mol. The minimum Gasteiger partial charge on any atom is -0.493 e. The molecule has 1 amide bonds. The first-order valence-corrected chi connectivity index (χ1v) is 13.2. The second-order valence-corrected chi connectivity index (χ2v) is 9.69. The molecule has 1 saturated heterocycles. The van der Waals surface area contributed by atoms with Crippen LogP contribution in [0.5, 0.6) is 11.5 Å². The van der Waals surface area contributed by atoms with Crippen LogP contribution >= 0.6 is 0 Å². The van der Waals surface area contributed by atoms with Gasteiger partial charge in [0.15, 0.2) is 11.5 Å². The summed E-state index contributed by atoms with van der Waals surface area (Å²) in [6, 6.07) is 15.2. The van der Waals surface area contributed by atoms with Crippen LogP contribution in [-0.2, 0) is 16.0 Å². The Morgan fingerprint density at radius 2 is 1.97 bits per heavy atom. The molecule has 1 N–H and O–H groups in total. The van der Waals surface area contributed by atoms with Crippen molar-refractivity contribution in [3.63, 3.8) is 0 Å². The summed E-state index contributed by atoms with van der Waals surface area (Å²) >= 11 is 0. The van der Waals surface area contributed by atoms with E-state index >= 15 is 0 Å². The van der Waals surface area contributed by atoms with E-state index in [2.05, 4.69) is 21.3 Å². The van der Waals surface area contributed by atoms with Crippen LogP contribution in [0.2, 0.25) is 0 Å². The van der Waals surface area contributed by atoms with Crippen molar-refractivity contribution in [2.45, 2.75) is 26.7 Å². The third kappa shape index (κ3) is 7.76. The van der Waals surface area contributed by atoms with Gasteiger partial charge in [-0.2, -0.15) is 5.26 Å². The van der Waals surface area contributed by atoms with Crippen molar-refractivity contribution in [1.29, 1.82) is 5.26 Å². The first kappa shape index (κ1) is 28.0. The van der Waals surface area contributed by atoms with Crippen molar-refractivity contribution >= 4 is 11.6 Å². The Morgan fingerprint density at radius 1 is 1.15 bits per heavy atom. The molecule has 3 aromatic rings. The Balaban J connectivity index is 1.43. The maximum Gasteiger partial charge on any atom is 0.226 e. The minimum atomic E-state index is -0.181. The maximum atomic E-state index is 12.1. The molecule has 2 heterocycles. The highest BCUT2D eigenvalue weighted by molar-refractivity contribution is 5.93. The number of nitriles is 1. The molecule has 0 unspecified atom stereocenters. The number of aromatic nitrogens is 2. The molecule has 0 saturated carbocycles. The molecule has 1 aromatic heterocycles. The predicted octanol–water partition coefficient (Wildman–Crippen LogP) is 4.31. The summed E-state index contributed by atoms with van der Waals surface area (Å²) in [5.41, 5.74) is 3.35. The molecule has 0 radical (unpaired) electrons. The zero-order chi connectivity index (χ0) is 27.6. The summed E-state index contributed by atoms with van der Waals surface area (Å²) in [5, 5.41) is 12.4. The number of nitrogens with one attached hydrogen (secondary N) is 1. The van der Waals surface area contributed by atoms with Crippen molar-refractivity contribution in [2.24, 2.45) is 5.92 Å². The van der Waals surface area contributed by atoms with Gasteiger partial charge >= 0.3 is 0 Å². The Kier molecular flexibility index (Phi) is 9.84. The number of hydrogen-bond acceptors (Lipinski definition) is 8. The molecule has 1 aliphatic rings. The molecule has 2 aromatic carbocycles. The molecule has 0 atom stereocenters. The third-order valence-corrected chi connectivity index (χ3v) is 6.49. The van der Waals surface area contributed by atoms with E-state index in [1.165, 1.54) is 0 Å². The van der Waals surface area contributed by atoms with Gasteiger partial charge < -0.3 is 19.5 Å². The van der Waals surface area contributed by atoms with Crippen LogP contribution in [0.3, 0.4) is 0 Å². The molecule has 9 nitrogen and oxygen atoms in total. The van der Waals surface area contributed by atoms with Gasteiger partial charge in [0, 0.05) is 43.7 Å². The number of morpholine rings is 1. The molecule has 1 aliphatic heterocycles. The zero-order valence-electron chi connectivity index (χ0n) is 22.8. The monoisotopic (exact) mass is 529 g/mol. The Hall–Kier alpha value is -4.00. The lowest BCUT2D eigenvalue weighted by atomic mass is 10.1. The van der Waals surface area contributed by atoms with E-state index in [0.29, 0.717) is 47.3 Å². The Labute approximate surface area is 229 Å². The number of benzene rings is 2. The number of ether oxygens (including phenoxy) is 3. The summed E-state index contributed by atoms with van der Waals surface area (Å²) < 4.78 is 17.0. The first-order valence-electron chi connectivity index (χ1n) is 13.2. The highest BCUT2D eigenvalue weighted by Crippen LogP contribution is 2.29. The molecule has 39 heavy (non-hydrogen) atoms.